The van der Waals surface area contributed by atoms with Gasteiger partial charge in [0.2, 0.25) is 17.4 Å². The first-order valence-corrected chi connectivity index (χ1v) is 10.9. The van der Waals surface area contributed by atoms with Crippen molar-refractivity contribution in [3.63, 3.8) is 0 Å². The first kappa shape index (κ1) is 23.5. The molecule has 0 aliphatic rings. The van der Waals surface area contributed by atoms with Gasteiger partial charge in [0.05, 0.1) is 12.5 Å². The Hall–Kier alpha value is -3.18. The van der Waals surface area contributed by atoms with Gasteiger partial charge in [-0.2, -0.15) is 4.98 Å². The minimum absolute atomic E-state index is 0.114. The molecule has 0 aliphatic heterocycles. The topological polar surface area (TPSA) is 92.0 Å². The van der Waals surface area contributed by atoms with Gasteiger partial charge in [-0.1, -0.05) is 43.9 Å². The number of carbonyl (C=O) groups excluding carboxylic acids is 1. The van der Waals surface area contributed by atoms with Crippen LogP contribution in [0.3, 0.4) is 0 Å². The van der Waals surface area contributed by atoms with Crippen LogP contribution in [0.5, 0.6) is 5.88 Å². The van der Waals surface area contributed by atoms with E-state index in [1.807, 2.05) is 20.8 Å². The van der Waals surface area contributed by atoms with E-state index >= 15 is 0 Å². The van der Waals surface area contributed by atoms with Gasteiger partial charge in [0.15, 0.2) is 11.0 Å². The summed E-state index contributed by atoms with van der Waals surface area (Å²) in [4.78, 5) is 36.3. The zero-order valence-corrected chi connectivity index (χ0v) is 19.7. The van der Waals surface area contributed by atoms with Crippen LogP contribution in [-0.4, -0.2) is 37.7 Å². The zero-order valence-electron chi connectivity index (χ0n) is 18.9. The molecule has 3 aromatic rings. The van der Waals surface area contributed by atoms with Crippen molar-refractivity contribution >= 4 is 28.7 Å². The fourth-order valence-electron chi connectivity index (χ4n) is 2.62. The van der Waals surface area contributed by atoms with Crippen LogP contribution >= 0.6 is 11.6 Å². The third-order valence-corrected chi connectivity index (χ3v) is 5.32. The lowest BCUT2D eigenvalue weighted by atomic mass is 9.91. The highest BCUT2D eigenvalue weighted by Crippen LogP contribution is 2.28. The summed E-state index contributed by atoms with van der Waals surface area (Å²) >= 11 is 6.41. The molecule has 0 aromatic carbocycles. The van der Waals surface area contributed by atoms with Crippen LogP contribution in [0.15, 0.2) is 18.2 Å². The van der Waals surface area contributed by atoms with Crippen molar-refractivity contribution in [1.29, 1.82) is 0 Å². The number of hydrogen-bond donors (Lipinski definition) is 0. The Morgan fingerprint density at radius 3 is 2.66 bits per heavy atom. The minimum Gasteiger partial charge on any atom is -0.481 e. The Labute approximate surface area is 192 Å². The maximum atomic E-state index is 12.9. The van der Waals surface area contributed by atoms with Crippen molar-refractivity contribution in [2.45, 2.75) is 53.4 Å². The number of aromatic nitrogens is 5. The second kappa shape index (κ2) is 9.96. The molecule has 0 atom stereocenters. The van der Waals surface area contributed by atoms with Gasteiger partial charge in [0.1, 0.15) is 11.2 Å². The van der Waals surface area contributed by atoms with Crippen LogP contribution in [0.2, 0.25) is 5.15 Å². The van der Waals surface area contributed by atoms with E-state index in [0.717, 1.165) is 19.3 Å². The predicted molar refractivity (Wildman–Crippen MR) is 122 cm³/mol. The van der Waals surface area contributed by atoms with Crippen LogP contribution < -0.4 is 9.57 Å². The molecule has 168 valence electrons. The van der Waals surface area contributed by atoms with Crippen molar-refractivity contribution in [3.05, 3.63) is 29.2 Å². The van der Waals surface area contributed by atoms with E-state index in [-0.39, 0.29) is 28.0 Å². The monoisotopic (exact) mass is 455 g/mol. The summed E-state index contributed by atoms with van der Waals surface area (Å²) in [5.41, 5.74) is 0.239. The third kappa shape index (κ3) is 5.00. The van der Waals surface area contributed by atoms with Crippen molar-refractivity contribution < 1.29 is 14.4 Å². The van der Waals surface area contributed by atoms with E-state index < -0.39 is 11.4 Å². The Bertz CT molecular complexity index is 1190. The molecule has 3 heterocycles. The lowest BCUT2D eigenvalue weighted by Crippen LogP contribution is -2.33. The normalized spacial score (nSPS) is 11.2. The van der Waals surface area contributed by atoms with Crippen molar-refractivity contribution in [1.82, 2.24) is 24.7 Å². The second-order valence-electron chi connectivity index (χ2n) is 7.83. The summed E-state index contributed by atoms with van der Waals surface area (Å²) in [6.45, 7) is 7.63. The smallest absolute Gasteiger partial charge is 0.338 e. The number of rotatable bonds is 7. The molecular formula is C23H26ClN5O3. The maximum absolute atomic E-state index is 12.9. The molecule has 3 rings (SSSR count). The van der Waals surface area contributed by atoms with E-state index in [1.54, 1.807) is 18.2 Å². The molecule has 32 heavy (non-hydrogen) atoms. The quantitative estimate of drug-likeness (QED) is 0.294. The van der Waals surface area contributed by atoms with Crippen LogP contribution in [0.1, 0.15) is 59.2 Å². The number of pyridine rings is 1. The number of halogens is 1. The van der Waals surface area contributed by atoms with Gasteiger partial charge in [-0.3, -0.25) is 0 Å². The standard InChI is InChI=1S/C23H26ClN5O3/c1-6-8-9-10-13-16-26-19(24)18-21(27-16)29(32-22(30)23(3,4)7-2)20(28-18)15-12-11-14-17(25-15)31-5/h11-12,14H,6-9H2,1-5H3. The number of carbonyl (C=O) groups is 1. The average molecular weight is 456 g/mol. The molecule has 0 unspecified atom stereocenters. The first-order chi connectivity index (χ1) is 15.3. The minimum atomic E-state index is -0.713. The van der Waals surface area contributed by atoms with Gasteiger partial charge < -0.3 is 9.57 Å². The molecule has 0 radical (unpaired) electrons. The highest BCUT2D eigenvalue weighted by atomic mass is 35.5. The third-order valence-electron chi connectivity index (χ3n) is 5.05. The van der Waals surface area contributed by atoms with Crippen LogP contribution in [-0.2, 0) is 4.79 Å². The molecule has 0 N–H and O–H groups in total. The molecule has 3 aromatic heterocycles. The number of nitrogens with zero attached hydrogens (tertiary/aromatic N) is 5. The molecule has 0 aliphatic carbocycles. The van der Waals surface area contributed by atoms with Gasteiger partial charge in [-0.05, 0) is 38.7 Å². The van der Waals surface area contributed by atoms with Gasteiger partial charge in [-0.25, -0.2) is 19.7 Å². The van der Waals surface area contributed by atoms with E-state index in [1.165, 1.54) is 11.8 Å². The number of unbranched alkanes of at least 4 members (excludes halogenated alkanes) is 2. The van der Waals surface area contributed by atoms with E-state index in [0.29, 0.717) is 18.0 Å². The molecule has 8 nitrogen and oxygen atoms in total. The SMILES string of the molecule is CCCCC#Cc1nc(Cl)c2nc(-c3cccc(OC)n3)n(OC(=O)C(C)(C)CC)c2n1. The van der Waals surface area contributed by atoms with Crippen molar-refractivity contribution in [3.8, 4) is 29.2 Å². The summed E-state index contributed by atoms with van der Waals surface area (Å²) in [5.74, 6) is 6.41. The molecule has 0 amide bonds. The van der Waals surface area contributed by atoms with Gasteiger partial charge in [0.25, 0.3) is 0 Å². The zero-order chi connectivity index (χ0) is 23.3. The highest BCUT2D eigenvalue weighted by molar-refractivity contribution is 6.33. The molecule has 0 fully saturated rings. The fourth-order valence-corrected chi connectivity index (χ4v) is 2.83. The van der Waals surface area contributed by atoms with E-state index in [4.69, 9.17) is 21.2 Å². The van der Waals surface area contributed by atoms with E-state index in [2.05, 4.69) is 38.7 Å². The van der Waals surface area contributed by atoms with Gasteiger partial charge in [0, 0.05) is 12.5 Å². The molecule has 0 bridgehead atoms. The van der Waals surface area contributed by atoms with Crippen LogP contribution in [0.4, 0.5) is 0 Å². The van der Waals surface area contributed by atoms with Crippen molar-refractivity contribution in [2.75, 3.05) is 7.11 Å². The molecular weight excluding hydrogens is 430 g/mol. The Balaban J connectivity index is 2.19. The molecule has 0 saturated carbocycles. The fraction of sp³-hybridized carbons (Fsp3) is 0.435. The number of fused-ring (bicyclic) bond motifs is 1. The lowest BCUT2D eigenvalue weighted by Gasteiger charge is -2.20. The lowest BCUT2D eigenvalue weighted by molar-refractivity contribution is -0.153. The first-order valence-electron chi connectivity index (χ1n) is 10.5. The van der Waals surface area contributed by atoms with Crippen LogP contribution in [0.25, 0.3) is 22.7 Å². The summed E-state index contributed by atoms with van der Waals surface area (Å²) in [6.07, 6.45) is 3.35. The number of methoxy groups -OCH3 is 1. The summed E-state index contributed by atoms with van der Waals surface area (Å²) in [7, 11) is 1.52. The van der Waals surface area contributed by atoms with E-state index in [9.17, 15) is 4.79 Å². The Morgan fingerprint density at radius 2 is 1.97 bits per heavy atom. The van der Waals surface area contributed by atoms with Gasteiger partial charge >= 0.3 is 5.97 Å². The number of hydrogen-bond acceptors (Lipinski definition) is 7. The van der Waals surface area contributed by atoms with Gasteiger partial charge in [-0.15, -0.1) is 4.73 Å². The Kier molecular flexibility index (Phi) is 7.31. The summed E-state index contributed by atoms with van der Waals surface area (Å²) < 4.78 is 6.47. The van der Waals surface area contributed by atoms with Crippen molar-refractivity contribution in [2.24, 2.45) is 5.41 Å². The average Bonchev–Trinajstić information content (AvgIpc) is 3.15. The Morgan fingerprint density at radius 1 is 1.19 bits per heavy atom. The predicted octanol–water partition coefficient (Wildman–Crippen LogP) is 4.48. The maximum Gasteiger partial charge on any atom is 0.338 e. The summed E-state index contributed by atoms with van der Waals surface area (Å²) in [6, 6.07) is 5.20. The highest BCUT2D eigenvalue weighted by Gasteiger charge is 2.31. The molecule has 0 saturated heterocycles. The molecule has 9 heteroatoms. The largest absolute Gasteiger partial charge is 0.481 e. The number of ether oxygens (including phenoxy) is 1. The van der Waals surface area contributed by atoms with Crippen LogP contribution in [0, 0.1) is 17.3 Å². The number of imidazole rings is 1. The second-order valence-corrected chi connectivity index (χ2v) is 8.18. The molecule has 0 spiro atoms. The summed E-state index contributed by atoms with van der Waals surface area (Å²) in [5, 5.41) is 0.114.